The highest BCUT2D eigenvalue weighted by Gasteiger charge is 2.15. The number of para-hydroxylation sites is 2. The van der Waals surface area contributed by atoms with Crippen LogP contribution < -0.4 is 15.4 Å². The van der Waals surface area contributed by atoms with Crippen LogP contribution in [0.3, 0.4) is 0 Å². The van der Waals surface area contributed by atoms with Crippen LogP contribution in [0.4, 0.5) is 5.69 Å². The summed E-state index contributed by atoms with van der Waals surface area (Å²) in [5.74, 6) is 0.385. The molecule has 6 heteroatoms. The van der Waals surface area contributed by atoms with Gasteiger partial charge in [0.05, 0.1) is 17.9 Å². The van der Waals surface area contributed by atoms with Crippen LogP contribution in [0, 0.1) is 0 Å². The summed E-state index contributed by atoms with van der Waals surface area (Å²) in [6.07, 6.45) is 1.55. The lowest BCUT2D eigenvalue weighted by molar-refractivity contribution is -0.123. The van der Waals surface area contributed by atoms with E-state index in [-0.39, 0.29) is 24.5 Å². The summed E-state index contributed by atoms with van der Waals surface area (Å²) in [5.41, 5.74) is 1.04. The van der Waals surface area contributed by atoms with Gasteiger partial charge in [0, 0.05) is 5.69 Å². The SMILES string of the molecule is CC(NC(=O)COc1ccccc1C(=O)Nc1ccccc1)c1ccco1. The molecule has 1 heterocycles. The number of amides is 2. The molecule has 3 aromatic rings. The van der Waals surface area contributed by atoms with Crippen LogP contribution in [0.1, 0.15) is 29.1 Å². The van der Waals surface area contributed by atoms with E-state index in [1.807, 2.05) is 25.1 Å². The minimum Gasteiger partial charge on any atom is -0.483 e. The van der Waals surface area contributed by atoms with Crippen molar-refractivity contribution in [3.63, 3.8) is 0 Å². The summed E-state index contributed by atoms with van der Waals surface area (Å²) in [5, 5.41) is 5.59. The summed E-state index contributed by atoms with van der Waals surface area (Å²) in [4.78, 5) is 24.6. The molecule has 0 radical (unpaired) electrons. The molecule has 3 rings (SSSR count). The van der Waals surface area contributed by atoms with Crippen molar-refractivity contribution < 1.29 is 18.7 Å². The number of hydrogen-bond acceptors (Lipinski definition) is 4. The summed E-state index contributed by atoms with van der Waals surface area (Å²) in [6.45, 7) is 1.61. The predicted octanol–water partition coefficient (Wildman–Crippen LogP) is 3.79. The quantitative estimate of drug-likeness (QED) is 0.668. The first-order valence-corrected chi connectivity index (χ1v) is 8.54. The third-order valence-electron chi connectivity index (χ3n) is 3.87. The van der Waals surface area contributed by atoms with E-state index in [1.54, 1.807) is 54.8 Å². The maximum absolute atomic E-state index is 12.5. The van der Waals surface area contributed by atoms with Crippen molar-refractivity contribution in [1.29, 1.82) is 0 Å². The Morgan fingerprint density at radius 1 is 1.00 bits per heavy atom. The summed E-state index contributed by atoms with van der Waals surface area (Å²) in [7, 11) is 0. The Hall–Kier alpha value is -3.54. The second-order valence-corrected chi connectivity index (χ2v) is 5.91. The molecule has 6 nitrogen and oxygen atoms in total. The van der Waals surface area contributed by atoms with E-state index in [1.165, 1.54) is 0 Å². The molecule has 0 fully saturated rings. The molecule has 0 aliphatic rings. The van der Waals surface area contributed by atoms with Gasteiger partial charge in [-0.3, -0.25) is 9.59 Å². The van der Waals surface area contributed by atoms with Gasteiger partial charge >= 0.3 is 0 Å². The second-order valence-electron chi connectivity index (χ2n) is 5.91. The fraction of sp³-hybridized carbons (Fsp3) is 0.143. The normalized spacial score (nSPS) is 11.4. The molecule has 1 unspecified atom stereocenters. The minimum absolute atomic E-state index is 0.208. The molecular weight excluding hydrogens is 344 g/mol. The van der Waals surface area contributed by atoms with Crippen LogP contribution in [0.5, 0.6) is 5.75 Å². The Labute approximate surface area is 157 Å². The number of carbonyl (C=O) groups is 2. The maximum Gasteiger partial charge on any atom is 0.259 e. The standard InChI is InChI=1S/C21H20N2O4/c1-15(18-12-7-13-26-18)22-20(24)14-27-19-11-6-5-10-17(19)21(25)23-16-8-3-2-4-9-16/h2-13,15H,14H2,1H3,(H,22,24)(H,23,25). The summed E-state index contributed by atoms with van der Waals surface area (Å²) >= 11 is 0. The Morgan fingerprint density at radius 2 is 1.74 bits per heavy atom. The minimum atomic E-state index is -0.308. The molecular formula is C21H20N2O4. The zero-order chi connectivity index (χ0) is 19.1. The molecule has 2 amide bonds. The van der Waals surface area contributed by atoms with Crippen molar-refractivity contribution in [2.75, 3.05) is 11.9 Å². The number of benzene rings is 2. The van der Waals surface area contributed by atoms with Crippen molar-refractivity contribution in [3.8, 4) is 5.75 Å². The zero-order valence-electron chi connectivity index (χ0n) is 14.8. The zero-order valence-corrected chi connectivity index (χ0v) is 14.8. The van der Waals surface area contributed by atoms with Gasteiger partial charge in [0.2, 0.25) is 0 Å². The Balaban J connectivity index is 1.60. The molecule has 2 N–H and O–H groups in total. The Bertz CT molecular complexity index is 892. The van der Waals surface area contributed by atoms with Gasteiger partial charge in [0.1, 0.15) is 11.5 Å². The van der Waals surface area contributed by atoms with Gasteiger partial charge in [-0.25, -0.2) is 0 Å². The van der Waals surface area contributed by atoms with E-state index < -0.39 is 0 Å². The smallest absolute Gasteiger partial charge is 0.259 e. The van der Waals surface area contributed by atoms with E-state index >= 15 is 0 Å². The maximum atomic E-state index is 12.5. The van der Waals surface area contributed by atoms with E-state index in [9.17, 15) is 9.59 Å². The van der Waals surface area contributed by atoms with Gasteiger partial charge < -0.3 is 19.8 Å². The van der Waals surface area contributed by atoms with Crippen LogP contribution in [-0.2, 0) is 4.79 Å². The number of ether oxygens (including phenoxy) is 1. The monoisotopic (exact) mass is 364 g/mol. The second kappa shape index (κ2) is 8.71. The molecule has 0 spiro atoms. The molecule has 138 valence electrons. The van der Waals surface area contributed by atoms with Gasteiger partial charge in [-0.15, -0.1) is 0 Å². The third kappa shape index (κ3) is 4.98. The first kappa shape index (κ1) is 18.3. The van der Waals surface area contributed by atoms with Crippen molar-refractivity contribution in [3.05, 3.63) is 84.3 Å². The van der Waals surface area contributed by atoms with Crippen LogP contribution in [-0.4, -0.2) is 18.4 Å². The van der Waals surface area contributed by atoms with Crippen LogP contribution in [0.2, 0.25) is 0 Å². The fourth-order valence-corrected chi connectivity index (χ4v) is 2.54. The van der Waals surface area contributed by atoms with Crippen LogP contribution in [0.25, 0.3) is 0 Å². The van der Waals surface area contributed by atoms with E-state index in [4.69, 9.17) is 9.15 Å². The lowest BCUT2D eigenvalue weighted by Gasteiger charge is -2.14. The van der Waals surface area contributed by atoms with Crippen LogP contribution in [0.15, 0.2) is 77.4 Å². The highest BCUT2D eigenvalue weighted by Crippen LogP contribution is 2.20. The molecule has 1 aromatic heterocycles. The number of rotatable bonds is 7. The Kier molecular flexibility index (Phi) is 5.89. The fourth-order valence-electron chi connectivity index (χ4n) is 2.54. The largest absolute Gasteiger partial charge is 0.483 e. The van der Waals surface area contributed by atoms with Crippen molar-refractivity contribution >= 4 is 17.5 Å². The Morgan fingerprint density at radius 3 is 2.48 bits per heavy atom. The number of nitrogens with one attached hydrogen (secondary N) is 2. The van der Waals surface area contributed by atoms with Gasteiger partial charge in [-0.05, 0) is 43.3 Å². The van der Waals surface area contributed by atoms with Gasteiger partial charge in [-0.1, -0.05) is 30.3 Å². The summed E-state index contributed by atoms with van der Waals surface area (Å²) < 4.78 is 10.8. The first-order valence-electron chi connectivity index (χ1n) is 8.54. The topological polar surface area (TPSA) is 80.6 Å². The van der Waals surface area contributed by atoms with Crippen LogP contribution >= 0.6 is 0 Å². The molecule has 0 saturated carbocycles. The predicted molar refractivity (Wildman–Crippen MR) is 102 cm³/mol. The third-order valence-corrected chi connectivity index (χ3v) is 3.87. The lowest BCUT2D eigenvalue weighted by atomic mass is 10.2. The van der Waals surface area contributed by atoms with Gasteiger partial charge in [-0.2, -0.15) is 0 Å². The number of carbonyl (C=O) groups excluding carboxylic acids is 2. The first-order chi connectivity index (χ1) is 13.1. The van der Waals surface area contributed by atoms with Gasteiger partial charge in [0.15, 0.2) is 6.61 Å². The number of anilines is 1. The molecule has 0 aliphatic carbocycles. The lowest BCUT2D eigenvalue weighted by Crippen LogP contribution is -2.31. The van der Waals surface area contributed by atoms with E-state index in [2.05, 4.69) is 10.6 Å². The molecule has 0 aliphatic heterocycles. The van der Waals surface area contributed by atoms with E-state index in [0.29, 0.717) is 22.8 Å². The van der Waals surface area contributed by atoms with Crippen molar-refractivity contribution in [2.24, 2.45) is 0 Å². The summed E-state index contributed by atoms with van der Waals surface area (Å²) in [6, 6.07) is 19.2. The average molecular weight is 364 g/mol. The highest BCUT2D eigenvalue weighted by atomic mass is 16.5. The van der Waals surface area contributed by atoms with Gasteiger partial charge in [0.25, 0.3) is 11.8 Å². The highest BCUT2D eigenvalue weighted by molar-refractivity contribution is 6.06. The van der Waals surface area contributed by atoms with Crippen molar-refractivity contribution in [1.82, 2.24) is 5.32 Å². The molecule has 0 bridgehead atoms. The molecule has 0 saturated heterocycles. The molecule has 2 aromatic carbocycles. The number of furan rings is 1. The average Bonchev–Trinajstić information content (AvgIpc) is 3.22. The molecule has 27 heavy (non-hydrogen) atoms. The number of hydrogen-bond donors (Lipinski definition) is 2. The van der Waals surface area contributed by atoms with Crippen molar-refractivity contribution in [2.45, 2.75) is 13.0 Å². The van der Waals surface area contributed by atoms with E-state index in [0.717, 1.165) is 0 Å². The molecule has 1 atom stereocenters.